The largest absolute Gasteiger partial charge is 0.477 e. The maximum Gasteiger partial charge on any atom is 0.352 e. The number of aromatic amines is 1. The Labute approximate surface area is 132 Å². The van der Waals surface area contributed by atoms with Crippen molar-refractivity contribution in [1.82, 2.24) is 9.71 Å². The number of sulfonamides is 1. The molecule has 1 aromatic heterocycles. The van der Waals surface area contributed by atoms with Gasteiger partial charge in [0.25, 0.3) is 0 Å². The summed E-state index contributed by atoms with van der Waals surface area (Å²) in [5, 5.41) is 9.72. The zero-order chi connectivity index (χ0) is 16.4. The van der Waals surface area contributed by atoms with Gasteiger partial charge in [0.2, 0.25) is 10.0 Å². The molecule has 0 saturated carbocycles. The molecule has 0 unspecified atom stereocenters. The van der Waals surface area contributed by atoms with Crippen molar-refractivity contribution in [2.24, 2.45) is 0 Å². The summed E-state index contributed by atoms with van der Waals surface area (Å²) in [5.74, 6) is -1.06. The van der Waals surface area contributed by atoms with Gasteiger partial charge < -0.3 is 10.1 Å². The van der Waals surface area contributed by atoms with Crippen LogP contribution in [0, 0.1) is 0 Å². The van der Waals surface area contributed by atoms with E-state index in [9.17, 15) is 13.2 Å². The number of rotatable bonds is 5. The van der Waals surface area contributed by atoms with E-state index >= 15 is 0 Å². The van der Waals surface area contributed by atoms with Crippen LogP contribution in [-0.2, 0) is 16.6 Å². The average Bonchev–Trinajstić information content (AvgIpc) is 2.99. The van der Waals surface area contributed by atoms with Gasteiger partial charge in [0.15, 0.2) is 0 Å². The highest BCUT2D eigenvalue weighted by atomic mass is 32.2. The lowest BCUT2D eigenvalue weighted by molar-refractivity contribution is 0.0691. The third kappa shape index (κ3) is 3.10. The van der Waals surface area contributed by atoms with Gasteiger partial charge in [-0.15, -0.1) is 0 Å². The van der Waals surface area contributed by atoms with Gasteiger partial charge in [-0.1, -0.05) is 30.3 Å². The minimum atomic E-state index is -3.61. The molecule has 3 N–H and O–H groups in total. The molecule has 0 radical (unpaired) electrons. The Balaban J connectivity index is 1.89. The zero-order valence-electron chi connectivity index (χ0n) is 12.0. The van der Waals surface area contributed by atoms with E-state index < -0.39 is 16.0 Å². The summed E-state index contributed by atoms with van der Waals surface area (Å²) in [7, 11) is -3.61. The van der Waals surface area contributed by atoms with Crippen LogP contribution in [0.3, 0.4) is 0 Å². The van der Waals surface area contributed by atoms with Crippen molar-refractivity contribution in [2.75, 3.05) is 0 Å². The molecule has 2 aromatic carbocycles. The molecule has 23 heavy (non-hydrogen) atoms. The number of aromatic nitrogens is 1. The lowest BCUT2D eigenvalue weighted by Gasteiger charge is -2.07. The van der Waals surface area contributed by atoms with E-state index in [4.69, 9.17) is 5.11 Å². The van der Waals surface area contributed by atoms with Crippen LogP contribution >= 0.6 is 0 Å². The second-order valence-electron chi connectivity index (χ2n) is 5.00. The van der Waals surface area contributed by atoms with E-state index in [1.807, 2.05) is 0 Å². The van der Waals surface area contributed by atoms with Crippen molar-refractivity contribution < 1.29 is 18.3 Å². The highest BCUT2D eigenvalue weighted by molar-refractivity contribution is 7.89. The van der Waals surface area contributed by atoms with Crippen molar-refractivity contribution in [1.29, 1.82) is 0 Å². The number of hydrogen-bond acceptors (Lipinski definition) is 3. The van der Waals surface area contributed by atoms with Gasteiger partial charge >= 0.3 is 5.97 Å². The van der Waals surface area contributed by atoms with Gasteiger partial charge in [0.05, 0.1) is 4.90 Å². The van der Waals surface area contributed by atoms with Gasteiger partial charge in [-0.25, -0.2) is 17.9 Å². The molecule has 1 heterocycles. The van der Waals surface area contributed by atoms with Gasteiger partial charge in [0, 0.05) is 17.4 Å². The molecule has 0 aliphatic rings. The Hall–Kier alpha value is -2.64. The number of carbonyl (C=O) groups is 1. The summed E-state index contributed by atoms with van der Waals surface area (Å²) >= 11 is 0. The number of hydrogen-bond donors (Lipinski definition) is 3. The summed E-state index contributed by atoms with van der Waals surface area (Å²) in [5.41, 5.74) is 1.42. The Kier molecular flexibility index (Phi) is 3.89. The van der Waals surface area contributed by atoms with Gasteiger partial charge in [0.1, 0.15) is 5.69 Å². The summed E-state index contributed by atoms with van der Waals surface area (Å²) in [6.45, 7) is 0.0749. The average molecular weight is 330 g/mol. The molecule has 0 atom stereocenters. The predicted molar refractivity (Wildman–Crippen MR) is 85.7 cm³/mol. The SMILES string of the molecule is O=C(O)c1cc2c(CNS(=O)(=O)c3ccccc3)cccc2[nH]1. The Bertz CT molecular complexity index is 962. The molecule has 0 amide bonds. The lowest BCUT2D eigenvalue weighted by atomic mass is 10.1. The molecule has 3 aromatic rings. The van der Waals surface area contributed by atoms with Crippen LogP contribution in [0.2, 0.25) is 0 Å². The molecule has 7 heteroatoms. The maximum absolute atomic E-state index is 12.2. The van der Waals surface area contributed by atoms with Crippen molar-refractivity contribution in [3.8, 4) is 0 Å². The number of H-pyrrole nitrogens is 1. The van der Waals surface area contributed by atoms with Crippen LogP contribution in [-0.4, -0.2) is 24.5 Å². The van der Waals surface area contributed by atoms with E-state index in [0.717, 1.165) is 0 Å². The van der Waals surface area contributed by atoms with Crippen LogP contribution in [0.25, 0.3) is 10.9 Å². The van der Waals surface area contributed by atoms with Crippen LogP contribution < -0.4 is 4.72 Å². The molecule has 0 aliphatic carbocycles. The maximum atomic E-state index is 12.2. The van der Waals surface area contributed by atoms with E-state index in [0.29, 0.717) is 16.5 Å². The number of benzene rings is 2. The van der Waals surface area contributed by atoms with Crippen LogP contribution in [0.15, 0.2) is 59.5 Å². The normalized spacial score (nSPS) is 11.7. The predicted octanol–water partition coefficient (Wildman–Crippen LogP) is 2.34. The second kappa shape index (κ2) is 5.86. The third-order valence-corrected chi connectivity index (χ3v) is 4.91. The van der Waals surface area contributed by atoms with Crippen LogP contribution in [0.4, 0.5) is 0 Å². The number of fused-ring (bicyclic) bond motifs is 1. The summed E-state index contributed by atoms with van der Waals surface area (Å²) < 4.78 is 27.0. The van der Waals surface area contributed by atoms with E-state index in [1.54, 1.807) is 36.4 Å². The smallest absolute Gasteiger partial charge is 0.352 e. The third-order valence-electron chi connectivity index (χ3n) is 3.49. The minimum Gasteiger partial charge on any atom is -0.477 e. The number of carboxylic acids is 1. The van der Waals surface area contributed by atoms with Crippen LogP contribution in [0.5, 0.6) is 0 Å². The first-order valence-corrected chi connectivity index (χ1v) is 8.34. The van der Waals surface area contributed by atoms with Crippen molar-refractivity contribution in [3.63, 3.8) is 0 Å². The molecule has 3 rings (SSSR count). The Morgan fingerprint density at radius 2 is 1.83 bits per heavy atom. The number of carboxylic acid groups (broad SMARTS) is 1. The quantitative estimate of drug-likeness (QED) is 0.668. The fraction of sp³-hybridized carbons (Fsp3) is 0.0625. The molecular formula is C16H14N2O4S. The van der Waals surface area contributed by atoms with Crippen molar-refractivity contribution >= 4 is 26.9 Å². The summed E-state index contributed by atoms with van der Waals surface area (Å²) in [6.07, 6.45) is 0. The summed E-state index contributed by atoms with van der Waals surface area (Å²) in [4.78, 5) is 14.0. The first-order valence-electron chi connectivity index (χ1n) is 6.86. The topological polar surface area (TPSA) is 99.3 Å². The number of aromatic carboxylic acids is 1. The molecule has 118 valence electrons. The fourth-order valence-corrected chi connectivity index (χ4v) is 3.37. The van der Waals surface area contributed by atoms with Crippen molar-refractivity contribution in [3.05, 3.63) is 65.9 Å². The molecule has 0 spiro atoms. The molecule has 6 nitrogen and oxygen atoms in total. The second-order valence-corrected chi connectivity index (χ2v) is 6.77. The minimum absolute atomic E-state index is 0.0679. The number of nitrogens with one attached hydrogen (secondary N) is 2. The zero-order valence-corrected chi connectivity index (χ0v) is 12.8. The van der Waals surface area contributed by atoms with Gasteiger partial charge in [-0.2, -0.15) is 0 Å². The molecule has 0 saturated heterocycles. The lowest BCUT2D eigenvalue weighted by Crippen LogP contribution is -2.23. The Morgan fingerprint density at radius 3 is 2.52 bits per heavy atom. The summed E-state index contributed by atoms with van der Waals surface area (Å²) in [6, 6.07) is 14.8. The van der Waals surface area contributed by atoms with Gasteiger partial charge in [-0.3, -0.25) is 0 Å². The molecule has 0 aliphatic heterocycles. The highest BCUT2D eigenvalue weighted by Crippen LogP contribution is 2.20. The van der Waals surface area contributed by atoms with Gasteiger partial charge in [-0.05, 0) is 29.8 Å². The molecule has 0 fully saturated rings. The monoisotopic (exact) mass is 330 g/mol. The Morgan fingerprint density at radius 1 is 1.09 bits per heavy atom. The first kappa shape index (κ1) is 15.3. The highest BCUT2D eigenvalue weighted by Gasteiger charge is 2.15. The van der Waals surface area contributed by atoms with Crippen molar-refractivity contribution in [2.45, 2.75) is 11.4 Å². The standard InChI is InChI=1S/C16H14N2O4S/c19-16(20)15-9-13-11(5-4-8-14(13)18-15)10-17-23(21,22)12-6-2-1-3-7-12/h1-9,17-18H,10H2,(H,19,20). The first-order chi connectivity index (χ1) is 11.0. The van der Waals surface area contributed by atoms with E-state index in [2.05, 4.69) is 9.71 Å². The van der Waals surface area contributed by atoms with E-state index in [-0.39, 0.29) is 17.1 Å². The molecule has 0 bridgehead atoms. The van der Waals surface area contributed by atoms with E-state index in [1.165, 1.54) is 18.2 Å². The van der Waals surface area contributed by atoms with Crippen LogP contribution in [0.1, 0.15) is 16.1 Å². The molecular weight excluding hydrogens is 316 g/mol. The fourth-order valence-electron chi connectivity index (χ4n) is 2.34.